The topological polar surface area (TPSA) is 46.1 Å². The second-order valence-corrected chi connectivity index (χ2v) is 6.83. The molecule has 3 rings (SSSR count). The molecule has 0 bridgehead atoms. The zero-order chi connectivity index (χ0) is 15.4. The van der Waals surface area contributed by atoms with Gasteiger partial charge in [-0.15, -0.1) is 16.9 Å². The summed E-state index contributed by atoms with van der Waals surface area (Å²) < 4.78 is 0. The number of benzene rings is 1. The van der Waals surface area contributed by atoms with Gasteiger partial charge in [-0.2, -0.15) is 5.10 Å². The van der Waals surface area contributed by atoms with Gasteiger partial charge >= 0.3 is 0 Å². The molecule has 4 nitrogen and oxygen atoms in total. The zero-order valence-electron chi connectivity index (χ0n) is 12.6. The predicted octanol–water partition coefficient (Wildman–Crippen LogP) is 3.18. The van der Waals surface area contributed by atoms with Gasteiger partial charge in [-0.3, -0.25) is 4.79 Å². The molecule has 0 spiro atoms. The second-order valence-electron chi connectivity index (χ2n) is 5.48. The van der Waals surface area contributed by atoms with E-state index in [4.69, 9.17) is 0 Å². The maximum atomic E-state index is 12.3. The highest BCUT2D eigenvalue weighted by Gasteiger charge is 2.25. The van der Waals surface area contributed by atoms with Crippen LogP contribution in [0.25, 0.3) is 0 Å². The number of carbonyl (C=O) groups excluding carboxylic acids is 1. The summed E-state index contributed by atoms with van der Waals surface area (Å²) >= 11 is 1.93. The van der Waals surface area contributed by atoms with E-state index in [2.05, 4.69) is 41.4 Å². The first-order chi connectivity index (χ1) is 10.7. The van der Waals surface area contributed by atoms with Crippen molar-refractivity contribution in [2.45, 2.75) is 29.9 Å². The van der Waals surface area contributed by atoms with Gasteiger partial charge in [0, 0.05) is 29.4 Å². The van der Waals surface area contributed by atoms with Crippen LogP contribution < -0.4 is 0 Å². The predicted molar refractivity (Wildman–Crippen MR) is 88.0 cm³/mol. The Kier molecular flexibility index (Phi) is 4.73. The molecule has 2 aromatic rings. The summed E-state index contributed by atoms with van der Waals surface area (Å²) in [5.41, 5.74) is 1.76. The van der Waals surface area contributed by atoms with E-state index in [-0.39, 0.29) is 5.91 Å². The summed E-state index contributed by atoms with van der Waals surface area (Å²) in [5, 5.41) is 8.26. The monoisotopic (exact) mass is 313 g/mol. The third-order valence-electron chi connectivity index (χ3n) is 3.91. The first-order valence-corrected chi connectivity index (χ1v) is 8.41. The number of hydrogen-bond donors (Lipinski definition) is 0. The van der Waals surface area contributed by atoms with E-state index in [9.17, 15) is 4.79 Å². The average molecular weight is 313 g/mol. The summed E-state index contributed by atoms with van der Waals surface area (Å²) in [6.07, 6.45) is 3.62. The van der Waals surface area contributed by atoms with Crippen LogP contribution in [0.3, 0.4) is 0 Å². The first kappa shape index (κ1) is 15.0. The smallest absolute Gasteiger partial charge is 0.274 e. The first-order valence-electron chi connectivity index (χ1n) is 7.53. The summed E-state index contributed by atoms with van der Waals surface area (Å²) in [4.78, 5) is 15.6. The van der Waals surface area contributed by atoms with Crippen LogP contribution in [-0.2, 0) is 0 Å². The number of carbonyl (C=O) groups is 1. The Morgan fingerprint density at radius 3 is 2.64 bits per heavy atom. The molecule has 1 fully saturated rings. The van der Waals surface area contributed by atoms with Crippen LogP contribution >= 0.6 is 11.8 Å². The van der Waals surface area contributed by atoms with Crippen molar-refractivity contribution in [3.05, 3.63) is 53.9 Å². The quantitative estimate of drug-likeness (QED) is 0.873. The van der Waals surface area contributed by atoms with Crippen LogP contribution in [0.2, 0.25) is 0 Å². The molecule has 1 aliphatic rings. The Bertz CT molecular complexity index is 639. The van der Waals surface area contributed by atoms with E-state index < -0.39 is 0 Å². The second kappa shape index (κ2) is 6.92. The minimum atomic E-state index is -0.00700. The van der Waals surface area contributed by atoms with Gasteiger partial charge in [0.15, 0.2) is 5.69 Å². The fraction of sp³-hybridized carbons (Fsp3) is 0.353. The van der Waals surface area contributed by atoms with E-state index >= 15 is 0 Å². The molecule has 0 N–H and O–H groups in total. The molecule has 0 atom stereocenters. The number of nitrogens with zero attached hydrogens (tertiary/aromatic N) is 3. The summed E-state index contributed by atoms with van der Waals surface area (Å²) in [6, 6.07) is 12.0. The lowest BCUT2D eigenvalue weighted by atomic mass is 10.1. The molecule has 1 aliphatic heterocycles. The van der Waals surface area contributed by atoms with E-state index in [0.29, 0.717) is 10.9 Å². The number of amides is 1. The van der Waals surface area contributed by atoms with E-state index in [1.54, 1.807) is 18.3 Å². The van der Waals surface area contributed by atoms with E-state index in [1.165, 1.54) is 10.5 Å². The zero-order valence-corrected chi connectivity index (χ0v) is 13.4. The molecule has 0 aliphatic carbocycles. The van der Waals surface area contributed by atoms with Crippen LogP contribution in [0.5, 0.6) is 0 Å². The highest BCUT2D eigenvalue weighted by molar-refractivity contribution is 8.00. The minimum absolute atomic E-state index is 0.00700. The van der Waals surface area contributed by atoms with Crippen molar-refractivity contribution >= 4 is 17.7 Å². The number of hydrogen-bond acceptors (Lipinski definition) is 4. The van der Waals surface area contributed by atoms with Crippen LogP contribution in [0.15, 0.2) is 47.5 Å². The fourth-order valence-electron chi connectivity index (χ4n) is 2.62. The lowest BCUT2D eigenvalue weighted by molar-refractivity contribution is 0.0720. The van der Waals surface area contributed by atoms with Gasteiger partial charge in [0.1, 0.15) is 0 Å². The summed E-state index contributed by atoms with van der Waals surface area (Å²) in [5.74, 6) is -0.00700. The fourth-order valence-corrected chi connectivity index (χ4v) is 3.84. The maximum absolute atomic E-state index is 12.3. The van der Waals surface area contributed by atoms with Crippen LogP contribution in [-0.4, -0.2) is 39.3 Å². The molecule has 1 amide bonds. The van der Waals surface area contributed by atoms with Crippen molar-refractivity contribution in [1.82, 2.24) is 15.1 Å². The lowest BCUT2D eigenvalue weighted by Crippen LogP contribution is -2.39. The molecule has 0 radical (unpaired) electrons. The van der Waals surface area contributed by atoms with Crippen LogP contribution in [0.4, 0.5) is 0 Å². The van der Waals surface area contributed by atoms with Crippen molar-refractivity contribution in [2.24, 2.45) is 0 Å². The van der Waals surface area contributed by atoms with Gasteiger partial charge in [-0.25, -0.2) is 0 Å². The van der Waals surface area contributed by atoms with E-state index in [1.807, 2.05) is 16.7 Å². The Morgan fingerprint density at radius 1 is 1.18 bits per heavy atom. The van der Waals surface area contributed by atoms with Crippen molar-refractivity contribution in [3.8, 4) is 0 Å². The van der Waals surface area contributed by atoms with Gasteiger partial charge in [0.05, 0.1) is 0 Å². The molecule has 1 saturated heterocycles. The Hall–Kier alpha value is -1.88. The normalized spacial score (nSPS) is 15.8. The van der Waals surface area contributed by atoms with Crippen molar-refractivity contribution < 1.29 is 4.79 Å². The van der Waals surface area contributed by atoms with Gasteiger partial charge in [0.2, 0.25) is 0 Å². The summed E-state index contributed by atoms with van der Waals surface area (Å²) in [6.45, 7) is 3.73. The molecule has 1 aromatic carbocycles. The Morgan fingerprint density at radius 2 is 1.95 bits per heavy atom. The van der Waals surface area contributed by atoms with Gasteiger partial charge in [0.25, 0.3) is 5.91 Å². The number of piperidine rings is 1. The number of aryl methyl sites for hydroxylation is 1. The summed E-state index contributed by atoms with van der Waals surface area (Å²) in [7, 11) is 0. The van der Waals surface area contributed by atoms with Crippen molar-refractivity contribution in [1.29, 1.82) is 0 Å². The third-order valence-corrected chi connectivity index (χ3v) is 5.42. The number of rotatable bonds is 3. The SMILES string of the molecule is Cc1ccccc1SC1CCN(C(=O)c2cccnn2)CC1. The highest BCUT2D eigenvalue weighted by Crippen LogP contribution is 2.32. The van der Waals surface area contributed by atoms with E-state index in [0.717, 1.165) is 25.9 Å². The molecular formula is C17H19N3OS. The molecule has 22 heavy (non-hydrogen) atoms. The molecule has 0 unspecified atom stereocenters. The van der Waals surface area contributed by atoms with Crippen molar-refractivity contribution in [3.63, 3.8) is 0 Å². The number of thioether (sulfide) groups is 1. The Balaban J connectivity index is 1.57. The standard InChI is InChI=1S/C17H19N3OS/c1-13-5-2-3-7-16(13)22-14-8-11-20(12-9-14)17(21)15-6-4-10-18-19-15/h2-7,10,14H,8-9,11-12H2,1H3. The lowest BCUT2D eigenvalue weighted by Gasteiger charge is -2.31. The molecule has 1 aromatic heterocycles. The number of likely N-dealkylation sites (tertiary alicyclic amines) is 1. The van der Waals surface area contributed by atoms with Gasteiger partial charge < -0.3 is 4.90 Å². The molecular weight excluding hydrogens is 294 g/mol. The van der Waals surface area contributed by atoms with Crippen LogP contribution in [0.1, 0.15) is 28.9 Å². The molecule has 5 heteroatoms. The third kappa shape index (κ3) is 3.47. The largest absolute Gasteiger partial charge is 0.337 e. The van der Waals surface area contributed by atoms with Gasteiger partial charge in [-0.1, -0.05) is 18.2 Å². The molecule has 0 saturated carbocycles. The maximum Gasteiger partial charge on any atom is 0.274 e. The van der Waals surface area contributed by atoms with Gasteiger partial charge in [-0.05, 0) is 43.5 Å². The number of aromatic nitrogens is 2. The molecule has 114 valence electrons. The average Bonchev–Trinajstić information content (AvgIpc) is 2.58. The van der Waals surface area contributed by atoms with Crippen LogP contribution in [0, 0.1) is 6.92 Å². The highest BCUT2D eigenvalue weighted by atomic mass is 32.2. The minimum Gasteiger partial charge on any atom is -0.337 e. The Labute approximate surface area is 134 Å². The molecule has 2 heterocycles. The van der Waals surface area contributed by atoms with Crippen molar-refractivity contribution in [2.75, 3.05) is 13.1 Å².